The van der Waals surface area contributed by atoms with Crippen LogP contribution < -0.4 is 0 Å². The molecule has 25 heavy (non-hydrogen) atoms. The Morgan fingerprint density at radius 1 is 1.36 bits per heavy atom. The van der Waals surface area contributed by atoms with Gasteiger partial charge in [-0.3, -0.25) is 14.7 Å². The highest BCUT2D eigenvalue weighted by atomic mass is 19.1. The molecule has 1 saturated heterocycles. The first-order valence-corrected chi connectivity index (χ1v) is 8.29. The van der Waals surface area contributed by atoms with Crippen LogP contribution in [0.2, 0.25) is 0 Å². The third kappa shape index (κ3) is 3.86. The summed E-state index contributed by atoms with van der Waals surface area (Å²) in [5.41, 5.74) is 1.17. The van der Waals surface area contributed by atoms with Crippen molar-refractivity contribution in [3.8, 4) is 0 Å². The molecule has 1 aliphatic heterocycles. The minimum absolute atomic E-state index is 0.0259. The summed E-state index contributed by atoms with van der Waals surface area (Å²) in [6.45, 7) is 1.81. The van der Waals surface area contributed by atoms with E-state index in [4.69, 9.17) is 4.74 Å². The Morgan fingerprint density at radius 2 is 2.12 bits per heavy atom. The monoisotopic (exact) mass is 343 g/mol. The minimum Gasteiger partial charge on any atom is -0.373 e. The number of amides is 1. The number of nitrogens with zero attached hydrogens (tertiary/aromatic N) is 3. The fourth-order valence-electron chi connectivity index (χ4n) is 3.24. The van der Waals surface area contributed by atoms with Gasteiger partial charge in [0.1, 0.15) is 0 Å². The van der Waals surface area contributed by atoms with Crippen molar-refractivity contribution in [2.75, 3.05) is 33.8 Å². The summed E-state index contributed by atoms with van der Waals surface area (Å²) in [7, 11) is 3.72. The van der Waals surface area contributed by atoms with Gasteiger partial charge in [0.05, 0.1) is 30.5 Å². The SMILES string of the molecule is CN(C[C@@H]1OCCN(C)[C@H]1c1ccccc1)C(=O)c1ccncc1F. The lowest BCUT2D eigenvalue weighted by Gasteiger charge is -2.40. The van der Waals surface area contributed by atoms with Gasteiger partial charge >= 0.3 is 0 Å². The van der Waals surface area contributed by atoms with E-state index < -0.39 is 5.82 Å². The predicted molar refractivity (Wildman–Crippen MR) is 92.7 cm³/mol. The van der Waals surface area contributed by atoms with Crippen molar-refractivity contribution in [1.82, 2.24) is 14.8 Å². The normalized spacial score (nSPS) is 21.1. The van der Waals surface area contributed by atoms with Crippen molar-refractivity contribution < 1.29 is 13.9 Å². The molecule has 1 aliphatic rings. The highest BCUT2D eigenvalue weighted by Crippen LogP contribution is 2.29. The zero-order valence-corrected chi connectivity index (χ0v) is 14.4. The van der Waals surface area contributed by atoms with Gasteiger partial charge in [-0.15, -0.1) is 0 Å². The third-order valence-electron chi connectivity index (χ3n) is 4.55. The average Bonchev–Trinajstić information content (AvgIpc) is 2.62. The first-order valence-electron chi connectivity index (χ1n) is 8.29. The molecule has 0 spiro atoms. The molecule has 0 aliphatic carbocycles. The molecule has 2 heterocycles. The van der Waals surface area contributed by atoms with Crippen LogP contribution in [0.3, 0.4) is 0 Å². The van der Waals surface area contributed by atoms with Crippen LogP contribution in [0.15, 0.2) is 48.8 Å². The molecule has 2 atom stereocenters. The molecule has 1 fully saturated rings. The maximum atomic E-state index is 13.8. The van der Waals surface area contributed by atoms with E-state index in [0.717, 1.165) is 18.3 Å². The second-order valence-electron chi connectivity index (χ2n) is 6.29. The van der Waals surface area contributed by atoms with Crippen LogP contribution in [-0.4, -0.2) is 60.6 Å². The molecule has 1 amide bonds. The number of carbonyl (C=O) groups is 1. The van der Waals surface area contributed by atoms with E-state index in [9.17, 15) is 9.18 Å². The number of halogens is 1. The van der Waals surface area contributed by atoms with E-state index in [-0.39, 0.29) is 23.6 Å². The molecule has 6 heteroatoms. The molecular formula is C19H22FN3O2. The highest BCUT2D eigenvalue weighted by molar-refractivity contribution is 5.94. The van der Waals surface area contributed by atoms with Gasteiger partial charge in [0, 0.05) is 26.3 Å². The van der Waals surface area contributed by atoms with Crippen molar-refractivity contribution in [3.63, 3.8) is 0 Å². The molecule has 0 radical (unpaired) electrons. The molecule has 5 nitrogen and oxygen atoms in total. The van der Waals surface area contributed by atoms with E-state index in [1.807, 2.05) is 18.2 Å². The molecule has 1 aromatic carbocycles. The quantitative estimate of drug-likeness (QED) is 0.855. The molecule has 1 aromatic heterocycles. The summed E-state index contributed by atoms with van der Waals surface area (Å²) < 4.78 is 19.8. The number of ether oxygens (including phenoxy) is 1. The first-order chi connectivity index (χ1) is 12.1. The van der Waals surface area contributed by atoms with Crippen molar-refractivity contribution in [3.05, 3.63) is 65.7 Å². The zero-order valence-electron chi connectivity index (χ0n) is 14.4. The van der Waals surface area contributed by atoms with Crippen LogP contribution in [0.4, 0.5) is 4.39 Å². The van der Waals surface area contributed by atoms with Crippen LogP contribution in [-0.2, 0) is 4.74 Å². The summed E-state index contributed by atoms with van der Waals surface area (Å²) in [6.07, 6.45) is 2.29. The number of carbonyl (C=O) groups excluding carboxylic acids is 1. The Balaban J connectivity index is 1.77. The van der Waals surface area contributed by atoms with E-state index in [0.29, 0.717) is 13.2 Å². The van der Waals surface area contributed by atoms with Crippen LogP contribution in [0, 0.1) is 5.82 Å². The molecule has 3 rings (SSSR count). The number of rotatable bonds is 4. The van der Waals surface area contributed by atoms with Gasteiger partial charge in [-0.05, 0) is 18.7 Å². The third-order valence-corrected chi connectivity index (χ3v) is 4.55. The minimum atomic E-state index is -0.611. The lowest BCUT2D eigenvalue weighted by molar-refractivity contribution is -0.0708. The van der Waals surface area contributed by atoms with Crippen LogP contribution in [0.25, 0.3) is 0 Å². The Morgan fingerprint density at radius 3 is 2.84 bits per heavy atom. The fourth-order valence-corrected chi connectivity index (χ4v) is 3.24. The standard InChI is InChI=1S/C19H22FN3O2/c1-22-10-11-25-17(18(22)14-6-4-3-5-7-14)13-23(2)19(24)15-8-9-21-12-16(15)20/h3-9,12,17-18H,10-11,13H2,1-2H3/t17-,18-/m0/s1. The van der Waals surface area contributed by atoms with E-state index in [1.54, 1.807) is 7.05 Å². The lowest BCUT2D eigenvalue weighted by atomic mass is 9.98. The second kappa shape index (κ2) is 7.72. The molecule has 132 valence electrons. The zero-order chi connectivity index (χ0) is 17.8. The van der Waals surface area contributed by atoms with Gasteiger partial charge in [0.15, 0.2) is 5.82 Å². The van der Waals surface area contributed by atoms with Gasteiger partial charge in [0.2, 0.25) is 0 Å². The Labute approximate surface area is 147 Å². The topological polar surface area (TPSA) is 45.7 Å². The molecule has 0 unspecified atom stereocenters. The van der Waals surface area contributed by atoms with Crippen LogP contribution in [0.1, 0.15) is 22.0 Å². The summed E-state index contributed by atoms with van der Waals surface area (Å²) in [4.78, 5) is 20.0. The molecule has 0 bridgehead atoms. The summed E-state index contributed by atoms with van der Waals surface area (Å²) in [6, 6.07) is 11.5. The maximum Gasteiger partial charge on any atom is 0.256 e. The van der Waals surface area contributed by atoms with Crippen LogP contribution >= 0.6 is 0 Å². The number of hydrogen-bond acceptors (Lipinski definition) is 4. The summed E-state index contributed by atoms with van der Waals surface area (Å²) >= 11 is 0. The second-order valence-corrected chi connectivity index (χ2v) is 6.29. The first kappa shape index (κ1) is 17.5. The number of likely N-dealkylation sites (N-methyl/N-ethyl adjacent to an activating group) is 2. The van der Waals surface area contributed by atoms with E-state index >= 15 is 0 Å². The van der Waals surface area contributed by atoms with Crippen molar-refractivity contribution in [1.29, 1.82) is 0 Å². The summed E-state index contributed by atoms with van der Waals surface area (Å²) in [5.74, 6) is -0.982. The number of aromatic nitrogens is 1. The molecule has 0 N–H and O–H groups in total. The average molecular weight is 343 g/mol. The molecule has 0 saturated carbocycles. The molecular weight excluding hydrogens is 321 g/mol. The number of pyridine rings is 1. The van der Waals surface area contributed by atoms with Crippen molar-refractivity contribution in [2.45, 2.75) is 12.1 Å². The fraction of sp³-hybridized carbons (Fsp3) is 0.368. The van der Waals surface area contributed by atoms with Crippen molar-refractivity contribution >= 4 is 5.91 Å². The van der Waals surface area contributed by atoms with E-state index in [2.05, 4.69) is 29.1 Å². The van der Waals surface area contributed by atoms with Gasteiger partial charge in [0.25, 0.3) is 5.91 Å². The summed E-state index contributed by atoms with van der Waals surface area (Å²) in [5, 5.41) is 0. The number of hydrogen-bond donors (Lipinski definition) is 0. The van der Waals surface area contributed by atoms with Gasteiger partial charge in [-0.1, -0.05) is 30.3 Å². The van der Waals surface area contributed by atoms with Gasteiger partial charge in [-0.25, -0.2) is 4.39 Å². The van der Waals surface area contributed by atoms with Gasteiger partial charge in [-0.2, -0.15) is 0 Å². The highest BCUT2D eigenvalue weighted by Gasteiger charge is 2.33. The van der Waals surface area contributed by atoms with Crippen molar-refractivity contribution in [2.24, 2.45) is 0 Å². The smallest absolute Gasteiger partial charge is 0.256 e. The maximum absolute atomic E-state index is 13.8. The Kier molecular flexibility index (Phi) is 5.40. The predicted octanol–water partition coefficient (Wildman–Crippen LogP) is 2.36. The lowest BCUT2D eigenvalue weighted by Crippen LogP contribution is -2.48. The van der Waals surface area contributed by atoms with Gasteiger partial charge < -0.3 is 9.64 Å². The van der Waals surface area contributed by atoms with Crippen LogP contribution in [0.5, 0.6) is 0 Å². The van der Waals surface area contributed by atoms with E-state index in [1.165, 1.54) is 17.2 Å². The number of morpholine rings is 1. The molecule has 2 aromatic rings. The Bertz CT molecular complexity index is 726. The number of benzene rings is 1. The Hall–Kier alpha value is -2.31. The largest absolute Gasteiger partial charge is 0.373 e.